The number of nitrogens with zero attached hydrogens (tertiary/aromatic N) is 4. The number of halogens is 1. The molecule has 1 aromatic heterocycles. The van der Waals surface area contributed by atoms with Crippen molar-refractivity contribution in [1.82, 2.24) is 9.58 Å². The number of aromatic hydroxyl groups is 1. The number of para-hydroxylation sites is 1. The van der Waals surface area contributed by atoms with Crippen molar-refractivity contribution in [3.8, 4) is 11.5 Å². The highest BCUT2D eigenvalue weighted by atomic mass is 19.1. The fourth-order valence-corrected chi connectivity index (χ4v) is 6.44. The van der Waals surface area contributed by atoms with Crippen LogP contribution in [0.2, 0.25) is 0 Å². The van der Waals surface area contributed by atoms with Crippen LogP contribution in [-0.2, 0) is 6.54 Å². The monoisotopic (exact) mass is 518 g/mol. The van der Waals surface area contributed by atoms with Gasteiger partial charge in [-0.25, -0.2) is 4.39 Å². The number of rotatable bonds is 3. The number of fused-ring (bicyclic) bond motifs is 2. The van der Waals surface area contributed by atoms with Crippen molar-refractivity contribution in [2.45, 2.75) is 44.1 Å². The number of ether oxygens (including phenoxy) is 1. The zero-order chi connectivity index (χ0) is 26.3. The molecular formula is C28H27FN4O5. The van der Waals surface area contributed by atoms with E-state index in [9.17, 15) is 24.2 Å². The molecule has 2 atom stereocenters. The van der Waals surface area contributed by atoms with Gasteiger partial charge in [-0.2, -0.15) is 0 Å². The largest absolute Gasteiger partial charge is 0.502 e. The molecule has 1 aliphatic carbocycles. The zero-order valence-electron chi connectivity index (χ0n) is 20.8. The van der Waals surface area contributed by atoms with Gasteiger partial charge in [0, 0.05) is 30.9 Å². The first-order chi connectivity index (χ1) is 18.4. The molecule has 1 spiro atoms. The molecule has 2 N–H and O–H groups in total. The smallest absolute Gasteiger partial charge is 0.278 e. The topological polar surface area (TPSA) is 98.5 Å². The maximum Gasteiger partial charge on any atom is 0.278 e. The Hall–Kier alpha value is -4.05. The Labute approximate surface area is 217 Å². The quantitative estimate of drug-likeness (QED) is 0.550. The first kappa shape index (κ1) is 23.1. The number of hydrogen-bond acceptors (Lipinski definition) is 7. The van der Waals surface area contributed by atoms with Crippen molar-refractivity contribution in [3.63, 3.8) is 0 Å². The maximum absolute atomic E-state index is 14.9. The zero-order valence-corrected chi connectivity index (χ0v) is 20.8. The van der Waals surface area contributed by atoms with E-state index in [-0.39, 0.29) is 30.7 Å². The third-order valence-electron chi connectivity index (χ3n) is 8.30. The summed E-state index contributed by atoms with van der Waals surface area (Å²) in [7, 11) is 0. The van der Waals surface area contributed by atoms with E-state index in [4.69, 9.17) is 4.74 Å². The van der Waals surface area contributed by atoms with Gasteiger partial charge in [0.1, 0.15) is 29.9 Å². The molecule has 4 aliphatic rings. The van der Waals surface area contributed by atoms with E-state index >= 15 is 0 Å². The van der Waals surface area contributed by atoms with Crippen molar-refractivity contribution in [3.05, 3.63) is 87.1 Å². The number of benzene rings is 2. The number of carbonyl (C=O) groups is 1. The highest BCUT2D eigenvalue weighted by Gasteiger charge is 2.61. The summed E-state index contributed by atoms with van der Waals surface area (Å²) in [6, 6.07) is 11.3. The summed E-state index contributed by atoms with van der Waals surface area (Å²) >= 11 is 0. The third kappa shape index (κ3) is 3.00. The second-order valence-electron chi connectivity index (χ2n) is 10.5. The summed E-state index contributed by atoms with van der Waals surface area (Å²) in [6.45, 7) is 2.89. The third-order valence-corrected chi connectivity index (χ3v) is 8.30. The minimum absolute atomic E-state index is 0.0275. The van der Waals surface area contributed by atoms with E-state index in [1.807, 2.05) is 23.2 Å². The number of β-amino-alcohol motifs (C(OH)–C–C–N with tert-alkyl or cyclic N) is 1. The molecule has 3 aromatic rings. The molecule has 0 bridgehead atoms. The van der Waals surface area contributed by atoms with Gasteiger partial charge >= 0.3 is 0 Å². The maximum atomic E-state index is 14.9. The van der Waals surface area contributed by atoms with Crippen LogP contribution in [-0.4, -0.2) is 57.2 Å². The lowest BCUT2D eigenvalue weighted by Crippen LogP contribution is -2.65. The van der Waals surface area contributed by atoms with Crippen molar-refractivity contribution >= 4 is 11.6 Å². The van der Waals surface area contributed by atoms with E-state index < -0.39 is 28.8 Å². The molecule has 10 heteroatoms. The minimum Gasteiger partial charge on any atom is -0.502 e. The van der Waals surface area contributed by atoms with Gasteiger partial charge in [-0.1, -0.05) is 18.2 Å². The average Bonchev–Trinajstić information content (AvgIpc) is 3.71. The lowest BCUT2D eigenvalue weighted by atomic mass is 9.92. The van der Waals surface area contributed by atoms with Gasteiger partial charge in [0.25, 0.3) is 5.91 Å². The molecule has 1 saturated carbocycles. The van der Waals surface area contributed by atoms with E-state index in [0.29, 0.717) is 26.0 Å². The summed E-state index contributed by atoms with van der Waals surface area (Å²) in [5.41, 5.74) is 1.76. The molecule has 1 amide bonds. The molecule has 4 heterocycles. The Morgan fingerprint density at radius 2 is 1.95 bits per heavy atom. The highest BCUT2D eigenvalue weighted by molar-refractivity contribution is 5.97. The number of aliphatic hydroxyl groups excluding tert-OH is 1. The van der Waals surface area contributed by atoms with Crippen LogP contribution in [0, 0.1) is 5.82 Å². The minimum atomic E-state index is -0.832. The van der Waals surface area contributed by atoms with Crippen molar-refractivity contribution in [2.24, 2.45) is 0 Å². The average molecular weight is 519 g/mol. The first-order valence-corrected chi connectivity index (χ1v) is 12.8. The molecule has 196 valence electrons. The molecule has 1 unspecified atom stereocenters. The lowest BCUT2D eigenvalue weighted by molar-refractivity contribution is 0.0447. The van der Waals surface area contributed by atoms with E-state index in [0.717, 1.165) is 28.1 Å². The van der Waals surface area contributed by atoms with Gasteiger partial charge in [-0.05, 0) is 49.1 Å². The molecule has 2 aromatic carbocycles. The fourth-order valence-electron chi connectivity index (χ4n) is 6.44. The number of carbonyl (C=O) groups excluding carboxylic acids is 1. The van der Waals surface area contributed by atoms with E-state index in [1.54, 1.807) is 10.7 Å². The Morgan fingerprint density at radius 1 is 1.13 bits per heavy atom. The SMILES string of the molecule is CC1COc2cccc3c2N1Cc1ccc(F)cc1[C@@H]3N1n2ccc(=O)c(O)c2C(=O)N(CCO)C12CC2. The summed E-state index contributed by atoms with van der Waals surface area (Å²) in [5, 5.41) is 22.7. The molecule has 0 radical (unpaired) electrons. The second kappa shape index (κ2) is 7.97. The number of amides is 1. The number of aliphatic hydroxyl groups is 1. The van der Waals surface area contributed by atoms with Gasteiger partial charge in [0.2, 0.25) is 5.43 Å². The van der Waals surface area contributed by atoms with Crippen LogP contribution in [0.5, 0.6) is 11.5 Å². The summed E-state index contributed by atoms with van der Waals surface area (Å²) < 4.78 is 22.6. The molecule has 9 nitrogen and oxygen atoms in total. The van der Waals surface area contributed by atoms with Gasteiger partial charge in [0.15, 0.2) is 11.4 Å². The number of anilines is 1. The number of hydrogen-bond donors (Lipinski definition) is 2. The van der Waals surface area contributed by atoms with Crippen LogP contribution in [0.4, 0.5) is 10.1 Å². The normalized spacial score (nSPS) is 22.4. The van der Waals surface area contributed by atoms with Crippen LogP contribution in [0.15, 0.2) is 53.5 Å². The van der Waals surface area contributed by atoms with Crippen LogP contribution in [0.1, 0.15) is 53.0 Å². The molecular weight excluding hydrogens is 491 g/mol. The highest BCUT2D eigenvalue weighted by Crippen LogP contribution is 2.55. The van der Waals surface area contributed by atoms with Crippen molar-refractivity contribution < 1.29 is 24.1 Å². The molecule has 3 aliphatic heterocycles. The van der Waals surface area contributed by atoms with Gasteiger partial charge < -0.3 is 24.7 Å². The second-order valence-corrected chi connectivity index (χ2v) is 10.5. The molecule has 0 saturated heterocycles. The molecule has 1 fully saturated rings. The molecule has 38 heavy (non-hydrogen) atoms. The Morgan fingerprint density at radius 3 is 2.71 bits per heavy atom. The predicted octanol–water partition coefficient (Wildman–Crippen LogP) is 2.46. The predicted molar refractivity (Wildman–Crippen MR) is 136 cm³/mol. The van der Waals surface area contributed by atoms with Crippen LogP contribution >= 0.6 is 0 Å². The Kier molecular flexibility index (Phi) is 4.85. The lowest BCUT2D eigenvalue weighted by Gasteiger charge is -2.51. The fraction of sp³-hybridized carbons (Fsp3) is 0.357. The van der Waals surface area contributed by atoms with Gasteiger partial charge in [-0.3, -0.25) is 19.3 Å². The molecule has 7 rings (SSSR count). The summed E-state index contributed by atoms with van der Waals surface area (Å²) in [4.78, 5) is 29.9. The summed E-state index contributed by atoms with van der Waals surface area (Å²) in [5.74, 6) is -0.827. The van der Waals surface area contributed by atoms with E-state index in [2.05, 4.69) is 11.8 Å². The first-order valence-electron chi connectivity index (χ1n) is 12.8. The van der Waals surface area contributed by atoms with Crippen LogP contribution in [0.3, 0.4) is 0 Å². The van der Waals surface area contributed by atoms with Crippen LogP contribution < -0.4 is 20.1 Å². The van der Waals surface area contributed by atoms with Gasteiger partial charge in [-0.15, -0.1) is 0 Å². The van der Waals surface area contributed by atoms with Gasteiger partial charge in [0.05, 0.1) is 18.3 Å². The standard InChI is InChI=1S/C28H27FN4O5/c1-16-15-38-22-4-2-3-19-23(20-13-18(29)6-5-17(20)14-30(16)24(19)22)33-28(8-9-28)31(11-12-34)27(37)25-26(36)21(35)7-10-32(25)33/h2-7,10,13,16,23,34,36H,8-9,11-12,14-15H2,1H3/t16?,23-/m1/s1. The summed E-state index contributed by atoms with van der Waals surface area (Å²) in [6.07, 6.45) is 2.72. The van der Waals surface area contributed by atoms with Crippen molar-refractivity contribution in [2.75, 3.05) is 29.7 Å². The van der Waals surface area contributed by atoms with Crippen molar-refractivity contribution in [1.29, 1.82) is 0 Å². The number of pyridine rings is 1. The Balaban J connectivity index is 1.57. The van der Waals surface area contributed by atoms with E-state index in [1.165, 1.54) is 29.3 Å². The van der Waals surface area contributed by atoms with Crippen LogP contribution in [0.25, 0.3) is 0 Å². The number of aromatic nitrogens is 1. The Bertz CT molecular complexity index is 1550.